The first kappa shape index (κ1) is 23.2. The van der Waals surface area contributed by atoms with Crippen LogP contribution in [0.5, 0.6) is 0 Å². The number of aliphatic imine (C=N–C) groups is 1. The highest BCUT2D eigenvalue weighted by Gasteiger charge is 2.11. The third-order valence-corrected chi connectivity index (χ3v) is 5.01. The zero-order chi connectivity index (χ0) is 20.9. The lowest BCUT2D eigenvalue weighted by atomic mass is 10.1. The zero-order valence-electron chi connectivity index (χ0n) is 18.2. The number of carbonyl (C=O) groups is 1. The van der Waals surface area contributed by atoms with Crippen LogP contribution in [0.1, 0.15) is 38.3 Å². The van der Waals surface area contributed by atoms with Gasteiger partial charge in [0.1, 0.15) is 0 Å². The highest BCUT2D eigenvalue weighted by Crippen LogP contribution is 2.11. The Kier molecular flexibility index (Phi) is 10.5. The van der Waals surface area contributed by atoms with E-state index in [1.54, 1.807) is 0 Å². The predicted octanol–water partition coefficient (Wildman–Crippen LogP) is 1.83. The van der Waals surface area contributed by atoms with Crippen molar-refractivity contribution >= 4 is 11.9 Å². The monoisotopic (exact) mass is 403 g/mol. The molecule has 0 bridgehead atoms. The average Bonchev–Trinajstić information content (AvgIpc) is 2.74. The maximum atomic E-state index is 12.1. The molecule has 1 aromatic carbocycles. The Bertz CT molecular complexity index is 640. The van der Waals surface area contributed by atoms with Crippen LogP contribution >= 0.6 is 0 Å². The van der Waals surface area contributed by atoms with Gasteiger partial charge in [-0.1, -0.05) is 24.3 Å². The summed E-state index contributed by atoms with van der Waals surface area (Å²) < 4.78 is 5.42. The van der Waals surface area contributed by atoms with E-state index in [0.717, 1.165) is 58.4 Å². The van der Waals surface area contributed by atoms with Gasteiger partial charge in [0, 0.05) is 52.2 Å². The molecular weight excluding hydrogens is 366 g/mol. The van der Waals surface area contributed by atoms with Crippen molar-refractivity contribution in [2.45, 2.75) is 40.3 Å². The second-order valence-electron chi connectivity index (χ2n) is 7.15. The standard InChI is InChI=1S/C22H37N5O2/c1-4-23-22(24-11-10-21(28)27(5-2)6-3)25-17-19-8-7-9-20(16-19)18-26-12-14-29-15-13-26/h7-9,16H,4-6,10-15,17-18H2,1-3H3,(H2,23,24,25). The van der Waals surface area contributed by atoms with Crippen LogP contribution in [0.3, 0.4) is 0 Å². The summed E-state index contributed by atoms with van der Waals surface area (Å²) >= 11 is 0. The van der Waals surface area contributed by atoms with Crippen molar-refractivity contribution in [3.63, 3.8) is 0 Å². The normalized spacial score (nSPS) is 15.2. The van der Waals surface area contributed by atoms with Crippen molar-refractivity contribution in [2.75, 3.05) is 52.5 Å². The van der Waals surface area contributed by atoms with E-state index in [0.29, 0.717) is 19.5 Å². The smallest absolute Gasteiger partial charge is 0.224 e. The number of hydrogen-bond acceptors (Lipinski definition) is 4. The number of benzene rings is 1. The lowest BCUT2D eigenvalue weighted by Gasteiger charge is -2.26. The van der Waals surface area contributed by atoms with Gasteiger partial charge in [-0.3, -0.25) is 9.69 Å². The molecule has 0 saturated carbocycles. The number of hydrogen-bond donors (Lipinski definition) is 2. The maximum absolute atomic E-state index is 12.1. The Hall–Kier alpha value is -2.12. The van der Waals surface area contributed by atoms with E-state index in [4.69, 9.17) is 4.74 Å². The number of amides is 1. The zero-order valence-corrected chi connectivity index (χ0v) is 18.2. The molecule has 0 unspecified atom stereocenters. The number of nitrogens with zero attached hydrogens (tertiary/aromatic N) is 3. The highest BCUT2D eigenvalue weighted by atomic mass is 16.5. The highest BCUT2D eigenvalue weighted by molar-refractivity contribution is 5.81. The minimum atomic E-state index is 0.175. The molecule has 1 amide bonds. The minimum Gasteiger partial charge on any atom is -0.379 e. The molecule has 7 heteroatoms. The summed E-state index contributed by atoms with van der Waals surface area (Å²) in [5, 5.41) is 6.53. The summed E-state index contributed by atoms with van der Waals surface area (Å²) in [6.07, 6.45) is 0.473. The first-order chi connectivity index (χ1) is 14.2. The summed E-state index contributed by atoms with van der Waals surface area (Å²) in [7, 11) is 0. The van der Waals surface area contributed by atoms with Crippen LogP contribution in [0, 0.1) is 0 Å². The van der Waals surface area contributed by atoms with E-state index in [2.05, 4.69) is 44.8 Å². The number of nitrogens with one attached hydrogen (secondary N) is 2. The van der Waals surface area contributed by atoms with Gasteiger partial charge in [0.2, 0.25) is 5.91 Å². The molecule has 7 nitrogen and oxygen atoms in total. The van der Waals surface area contributed by atoms with E-state index in [9.17, 15) is 4.79 Å². The summed E-state index contributed by atoms with van der Waals surface area (Å²) in [6.45, 7) is 14.1. The van der Waals surface area contributed by atoms with E-state index < -0.39 is 0 Å². The second-order valence-corrected chi connectivity index (χ2v) is 7.15. The Morgan fingerprint density at radius 2 is 1.86 bits per heavy atom. The molecule has 1 aromatic rings. The maximum Gasteiger partial charge on any atom is 0.224 e. The topological polar surface area (TPSA) is 69.2 Å². The van der Waals surface area contributed by atoms with Crippen molar-refractivity contribution in [3.05, 3.63) is 35.4 Å². The van der Waals surface area contributed by atoms with Crippen molar-refractivity contribution in [1.29, 1.82) is 0 Å². The Morgan fingerprint density at radius 3 is 2.55 bits per heavy atom. The SMILES string of the molecule is CCNC(=NCc1cccc(CN2CCOCC2)c1)NCCC(=O)N(CC)CC. The molecule has 1 fully saturated rings. The number of morpholine rings is 1. The molecule has 2 N–H and O–H groups in total. The summed E-state index contributed by atoms with van der Waals surface area (Å²) in [4.78, 5) is 21.1. The van der Waals surface area contributed by atoms with Gasteiger partial charge in [-0.2, -0.15) is 0 Å². The van der Waals surface area contributed by atoms with Gasteiger partial charge in [-0.05, 0) is 31.9 Å². The predicted molar refractivity (Wildman–Crippen MR) is 118 cm³/mol. The lowest BCUT2D eigenvalue weighted by molar-refractivity contribution is -0.130. The molecule has 0 radical (unpaired) electrons. The second kappa shape index (κ2) is 13.2. The van der Waals surface area contributed by atoms with Crippen LogP contribution in [0.25, 0.3) is 0 Å². The molecule has 0 aromatic heterocycles. The lowest BCUT2D eigenvalue weighted by Crippen LogP contribution is -2.40. The van der Waals surface area contributed by atoms with Gasteiger partial charge < -0.3 is 20.3 Å². The summed E-state index contributed by atoms with van der Waals surface area (Å²) in [6, 6.07) is 8.61. The Morgan fingerprint density at radius 1 is 1.14 bits per heavy atom. The number of carbonyl (C=O) groups excluding carboxylic acids is 1. The molecule has 162 valence electrons. The molecule has 1 heterocycles. The fraction of sp³-hybridized carbons (Fsp3) is 0.636. The first-order valence-electron chi connectivity index (χ1n) is 10.8. The van der Waals surface area contributed by atoms with Crippen LogP contribution in [0.4, 0.5) is 0 Å². The molecule has 1 aliphatic rings. The number of rotatable bonds is 10. The summed E-state index contributed by atoms with van der Waals surface area (Å²) in [5.41, 5.74) is 2.49. The van der Waals surface area contributed by atoms with Crippen LogP contribution in [-0.4, -0.2) is 74.1 Å². The van der Waals surface area contributed by atoms with Gasteiger partial charge in [-0.25, -0.2) is 4.99 Å². The molecule has 29 heavy (non-hydrogen) atoms. The summed E-state index contributed by atoms with van der Waals surface area (Å²) in [5.74, 6) is 0.924. The van der Waals surface area contributed by atoms with Gasteiger partial charge in [0.05, 0.1) is 19.8 Å². The fourth-order valence-electron chi connectivity index (χ4n) is 3.38. The minimum absolute atomic E-state index is 0.175. The van der Waals surface area contributed by atoms with E-state index >= 15 is 0 Å². The van der Waals surface area contributed by atoms with E-state index in [1.165, 1.54) is 11.1 Å². The third-order valence-electron chi connectivity index (χ3n) is 5.01. The average molecular weight is 404 g/mol. The molecule has 1 saturated heterocycles. The molecule has 2 rings (SSSR count). The van der Waals surface area contributed by atoms with Crippen molar-refractivity contribution in [1.82, 2.24) is 20.4 Å². The first-order valence-corrected chi connectivity index (χ1v) is 10.8. The van der Waals surface area contributed by atoms with Gasteiger partial charge in [0.25, 0.3) is 0 Å². The molecule has 0 spiro atoms. The van der Waals surface area contributed by atoms with Crippen LogP contribution in [0.2, 0.25) is 0 Å². The molecular formula is C22H37N5O2. The number of guanidine groups is 1. The Labute approximate surface area is 175 Å². The van der Waals surface area contributed by atoms with Crippen LogP contribution in [0.15, 0.2) is 29.3 Å². The molecule has 0 aliphatic carbocycles. The van der Waals surface area contributed by atoms with Crippen molar-refractivity contribution < 1.29 is 9.53 Å². The fourth-order valence-corrected chi connectivity index (χ4v) is 3.38. The van der Waals surface area contributed by atoms with E-state index in [-0.39, 0.29) is 5.91 Å². The quantitative estimate of drug-likeness (QED) is 0.461. The largest absolute Gasteiger partial charge is 0.379 e. The number of ether oxygens (including phenoxy) is 1. The van der Waals surface area contributed by atoms with Gasteiger partial charge >= 0.3 is 0 Å². The van der Waals surface area contributed by atoms with Crippen LogP contribution < -0.4 is 10.6 Å². The van der Waals surface area contributed by atoms with Crippen molar-refractivity contribution in [2.24, 2.45) is 4.99 Å². The third kappa shape index (κ3) is 8.41. The molecule has 0 atom stereocenters. The van der Waals surface area contributed by atoms with Crippen molar-refractivity contribution in [3.8, 4) is 0 Å². The Balaban J connectivity index is 1.86. The van der Waals surface area contributed by atoms with Gasteiger partial charge in [0.15, 0.2) is 5.96 Å². The molecule has 1 aliphatic heterocycles. The van der Waals surface area contributed by atoms with Gasteiger partial charge in [-0.15, -0.1) is 0 Å². The van der Waals surface area contributed by atoms with Crippen LogP contribution in [-0.2, 0) is 22.6 Å². The van der Waals surface area contributed by atoms with E-state index in [1.807, 2.05) is 25.7 Å².